The van der Waals surface area contributed by atoms with Gasteiger partial charge in [0.2, 0.25) is 11.8 Å². The molecule has 3 aliphatic heterocycles. The number of carbonyl (C=O) groups excluding carboxylic acids is 4. The summed E-state index contributed by atoms with van der Waals surface area (Å²) in [7, 11) is 0. The third kappa shape index (κ3) is 3.94. The van der Waals surface area contributed by atoms with Crippen LogP contribution in [0, 0.1) is 0 Å². The molecule has 10 heteroatoms. The molecule has 182 valence electrons. The van der Waals surface area contributed by atoms with Crippen LogP contribution in [-0.4, -0.2) is 54.5 Å². The van der Waals surface area contributed by atoms with E-state index < -0.39 is 36.0 Å². The molecule has 0 bridgehead atoms. The molecular weight excluding hydrogens is 452 g/mol. The third-order valence-corrected chi connectivity index (χ3v) is 6.52. The summed E-state index contributed by atoms with van der Waals surface area (Å²) in [6.07, 6.45) is 0.835. The summed E-state index contributed by atoms with van der Waals surface area (Å²) >= 11 is 0. The van der Waals surface area contributed by atoms with Crippen molar-refractivity contribution in [3.8, 4) is 11.5 Å². The highest BCUT2D eigenvalue weighted by Crippen LogP contribution is 2.37. The maximum Gasteiger partial charge on any atom is 0.325 e. The molecule has 0 saturated carbocycles. The molecule has 10 nitrogen and oxygen atoms in total. The van der Waals surface area contributed by atoms with Crippen LogP contribution in [0.15, 0.2) is 42.5 Å². The Balaban J connectivity index is 1.41. The second-order valence-electron chi connectivity index (χ2n) is 9.04. The molecule has 2 aromatic carbocycles. The normalized spacial score (nSPS) is 23.7. The first-order valence-electron chi connectivity index (χ1n) is 11.5. The minimum absolute atomic E-state index is 0.0927. The van der Waals surface area contributed by atoms with Crippen molar-refractivity contribution in [3.05, 3.63) is 48.0 Å². The largest absolute Gasteiger partial charge is 0.490 e. The van der Waals surface area contributed by atoms with Gasteiger partial charge in [0.05, 0.1) is 24.6 Å². The van der Waals surface area contributed by atoms with Crippen LogP contribution >= 0.6 is 0 Å². The number of benzene rings is 2. The van der Waals surface area contributed by atoms with Crippen molar-refractivity contribution >= 4 is 35.1 Å². The van der Waals surface area contributed by atoms with Crippen LogP contribution in [0.25, 0.3) is 0 Å². The summed E-state index contributed by atoms with van der Waals surface area (Å²) in [5.74, 6) is -0.138. The number of nitrogens with one attached hydrogen (secondary N) is 2. The van der Waals surface area contributed by atoms with Crippen molar-refractivity contribution in [2.45, 2.75) is 38.3 Å². The van der Waals surface area contributed by atoms with Gasteiger partial charge < -0.3 is 25.0 Å². The highest BCUT2D eigenvalue weighted by atomic mass is 16.5. The molecule has 35 heavy (non-hydrogen) atoms. The van der Waals surface area contributed by atoms with Gasteiger partial charge in [-0.3, -0.25) is 19.3 Å². The van der Waals surface area contributed by atoms with E-state index in [1.54, 1.807) is 56.3 Å². The molecule has 0 radical (unpaired) electrons. The van der Waals surface area contributed by atoms with Gasteiger partial charge in [-0.2, -0.15) is 0 Å². The Hall–Kier alpha value is -4.08. The number of ether oxygens (including phenoxy) is 2. The van der Waals surface area contributed by atoms with Crippen LogP contribution in [0.1, 0.15) is 32.3 Å². The highest BCUT2D eigenvalue weighted by Gasteiger charge is 2.50. The first-order valence-corrected chi connectivity index (χ1v) is 11.5. The van der Waals surface area contributed by atoms with Crippen LogP contribution in [0.4, 0.5) is 16.2 Å². The van der Waals surface area contributed by atoms with Crippen molar-refractivity contribution in [1.29, 1.82) is 0 Å². The molecule has 5 rings (SSSR count). The van der Waals surface area contributed by atoms with Gasteiger partial charge in [0, 0.05) is 18.9 Å². The molecule has 3 heterocycles. The molecule has 3 aliphatic rings. The topological polar surface area (TPSA) is 117 Å². The lowest BCUT2D eigenvalue weighted by Gasteiger charge is -2.29. The number of imide groups is 1. The van der Waals surface area contributed by atoms with E-state index in [0.717, 1.165) is 11.3 Å². The number of anilines is 2. The van der Waals surface area contributed by atoms with Crippen LogP contribution in [0.2, 0.25) is 0 Å². The zero-order valence-electron chi connectivity index (χ0n) is 19.5. The fourth-order valence-corrected chi connectivity index (χ4v) is 4.69. The Morgan fingerprint density at radius 3 is 2.63 bits per heavy atom. The molecule has 0 unspecified atom stereocenters. The van der Waals surface area contributed by atoms with E-state index >= 15 is 0 Å². The maximum absolute atomic E-state index is 13.5. The number of amides is 5. The number of para-hydroxylation sites is 2. The van der Waals surface area contributed by atoms with Gasteiger partial charge in [-0.05, 0) is 43.7 Å². The van der Waals surface area contributed by atoms with E-state index in [1.807, 2.05) is 0 Å². The lowest BCUT2D eigenvalue weighted by Crippen LogP contribution is -2.47. The molecule has 0 aliphatic carbocycles. The van der Waals surface area contributed by atoms with E-state index in [9.17, 15) is 19.2 Å². The monoisotopic (exact) mass is 478 g/mol. The van der Waals surface area contributed by atoms with Crippen LogP contribution < -0.4 is 25.0 Å². The summed E-state index contributed by atoms with van der Waals surface area (Å²) in [6.45, 7) is 3.92. The Morgan fingerprint density at radius 2 is 1.83 bits per heavy atom. The SMILES string of the molecule is C[C@H]1CC(=O)Nc2ccccc2N1C(=O)CN1C(=O)N[C@](C)(c2ccc3c(c2)OCCCO3)C1=O. The summed E-state index contributed by atoms with van der Waals surface area (Å²) in [5.41, 5.74) is 0.179. The van der Waals surface area contributed by atoms with E-state index in [1.165, 1.54) is 4.90 Å². The Labute approximate surface area is 202 Å². The summed E-state index contributed by atoms with van der Waals surface area (Å²) in [6, 6.07) is 10.9. The smallest absolute Gasteiger partial charge is 0.325 e. The Kier molecular flexibility index (Phi) is 5.58. The van der Waals surface area contributed by atoms with Gasteiger partial charge in [0.15, 0.2) is 11.5 Å². The number of hydrogen-bond acceptors (Lipinski definition) is 6. The molecule has 1 saturated heterocycles. The van der Waals surface area contributed by atoms with Gasteiger partial charge in [-0.25, -0.2) is 4.79 Å². The van der Waals surface area contributed by atoms with Crippen LogP contribution in [-0.2, 0) is 19.9 Å². The minimum atomic E-state index is -1.37. The minimum Gasteiger partial charge on any atom is -0.490 e. The molecule has 2 aromatic rings. The number of nitrogens with zero attached hydrogens (tertiary/aromatic N) is 2. The number of hydrogen-bond donors (Lipinski definition) is 2. The predicted molar refractivity (Wildman–Crippen MR) is 126 cm³/mol. The average molecular weight is 479 g/mol. The van der Waals surface area contributed by atoms with Gasteiger partial charge in [-0.15, -0.1) is 0 Å². The summed E-state index contributed by atoms with van der Waals surface area (Å²) in [5, 5.41) is 5.53. The van der Waals surface area contributed by atoms with Gasteiger partial charge in [0.25, 0.3) is 5.91 Å². The first kappa shape index (κ1) is 22.7. The van der Waals surface area contributed by atoms with E-state index in [4.69, 9.17) is 9.47 Å². The molecule has 1 fully saturated rings. The van der Waals surface area contributed by atoms with E-state index in [-0.39, 0.29) is 12.3 Å². The number of carbonyl (C=O) groups is 4. The second-order valence-corrected chi connectivity index (χ2v) is 9.04. The zero-order chi connectivity index (χ0) is 24.7. The van der Waals surface area contributed by atoms with Crippen molar-refractivity contribution in [3.63, 3.8) is 0 Å². The predicted octanol–water partition coefficient (Wildman–Crippen LogP) is 2.38. The van der Waals surface area contributed by atoms with Crippen LogP contribution in [0.3, 0.4) is 0 Å². The Bertz CT molecular complexity index is 1230. The van der Waals surface area contributed by atoms with Crippen molar-refractivity contribution in [1.82, 2.24) is 10.2 Å². The number of rotatable bonds is 3. The lowest BCUT2D eigenvalue weighted by molar-refractivity contribution is -0.134. The quantitative estimate of drug-likeness (QED) is 0.655. The highest BCUT2D eigenvalue weighted by molar-refractivity contribution is 6.12. The molecule has 2 atom stereocenters. The summed E-state index contributed by atoms with van der Waals surface area (Å²) < 4.78 is 11.4. The molecular formula is C25H26N4O6. The molecule has 0 spiro atoms. The van der Waals surface area contributed by atoms with Gasteiger partial charge in [0.1, 0.15) is 12.1 Å². The van der Waals surface area contributed by atoms with Gasteiger partial charge >= 0.3 is 6.03 Å². The molecule has 0 aromatic heterocycles. The second kappa shape index (κ2) is 8.61. The van der Waals surface area contributed by atoms with Crippen molar-refractivity contribution in [2.75, 3.05) is 30.0 Å². The van der Waals surface area contributed by atoms with E-state index in [2.05, 4.69) is 10.6 Å². The van der Waals surface area contributed by atoms with Crippen molar-refractivity contribution < 1.29 is 28.7 Å². The Morgan fingerprint density at radius 1 is 1.09 bits per heavy atom. The number of fused-ring (bicyclic) bond motifs is 2. The molecule has 2 N–H and O–H groups in total. The number of urea groups is 1. The average Bonchev–Trinajstić information content (AvgIpc) is 3.02. The standard InChI is InChI=1S/C25H26N4O6/c1-15-12-21(30)26-17-6-3-4-7-18(17)29(15)22(31)14-28-23(32)25(2,27-24(28)33)16-8-9-19-20(13-16)35-11-5-10-34-19/h3-4,6-9,13,15H,5,10-12,14H2,1-2H3,(H,26,30)(H,27,33)/t15-,25+/m0/s1. The van der Waals surface area contributed by atoms with Gasteiger partial charge in [-0.1, -0.05) is 18.2 Å². The fraction of sp³-hybridized carbons (Fsp3) is 0.360. The van der Waals surface area contributed by atoms with Crippen LogP contribution in [0.5, 0.6) is 11.5 Å². The third-order valence-electron chi connectivity index (χ3n) is 6.52. The maximum atomic E-state index is 13.5. The van der Waals surface area contributed by atoms with Crippen molar-refractivity contribution in [2.24, 2.45) is 0 Å². The first-order chi connectivity index (χ1) is 16.8. The fourth-order valence-electron chi connectivity index (χ4n) is 4.69. The lowest BCUT2D eigenvalue weighted by atomic mass is 9.91. The zero-order valence-corrected chi connectivity index (χ0v) is 19.5. The summed E-state index contributed by atoms with van der Waals surface area (Å²) in [4.78, 5) is 54.4. The van der Waals surface area contributed by atoms with E-state index in [0.29, 0.717) is 41.7 Å². The molecule has 5 amide bonds.